The summed E-state index contributed by atoms with van der Waals surface area (Å²) in [7, 11) is 1.57. The molecule has 112 valence electrons. The van der Waals surface area contributed by atoms with Crippen molar-refractivity contribution < 1.29 is 18.7 Å². The second-order valence-electron chi connectivity index (χ2n) is 5.49. The van der Waals surface area contributed by atoms with Crippen LogP contribution in [-0.2, 0) is 14.3 Å². The van der Waals surface area contributed by atoms with E-state index in [0.29, 0.717) is 5.56 Å². The zero-order valence-corrected chi connectivity index (χ0v) is 11.7. The van der Waals surface area contributed by atoms with E-state index in [1.807, 2.05) is 0 Å². The summed E-state index contributed by atoms with van der Waals surface area (Å²) in [6.07, 6.45) is 1.03. The fraction of sp³-hybridized carbons (Fsp3) is 0.467. The molecule has 0 aromatic heterocycles. The van der Waals surface area contributed by atoms with Crippen LogP contribution in [0.5, 0.6) is 0 Å². The summed E-state index contributed by atoms with van der Waals surface area (Å²) >= 11 is 0. The quantitative estimate of drug-likeness (QED) is 0.904. The summed E-state index contributed by atoms with van der Waals surface area (Å²) in [6.45, 7) is -0.162. The molecule has 1 saturated heterocycles. The molecule has 1 aromatic carbocycles. The maximum atomic E-state index is 14.1. The van der Waals surface area contributed by atoms with Gasteiger partial charge in [-0.2, -0.15) is 0 Å². The molecule has 1 aliphatic heterocycles. The van der Waals surface area contributed by atoms with Gasteiger partial charge in [0.25, 0.3) is 5.91 Å². The Labute approximate surface area is 122 Å². The largest absolute Gasteiger partial charge is 0.356 e. The fourth-order valence-electron chi connectivity index (χ4n) is 2.53. The van der Waals surface area contributed by atoms with Gasteiger partial charge in [0, 0.05) is 18.7 Å². The molecule has 1 aliphatic carbocycles. The van der Waals surface area contributed by atoms with Crippen molar-refractivity contribution in [2.24, 2.45) is 0 Å². The highest BCUT2D eigenvalue weighted by Crippen LogP contribution is 2.31. The van der Waals surface area contributed by atoms with Crippen molar-refractivity contribution >= 4 is 11.8 Å². The van der Waals surface area contributed by atoms with Crippen molar-refractivity contribution in [3.05, 3.63) is 35.6 Å². The predicted molar refractivity (Wildman–Crippen MR) is 72.8 cm³/mol. The van der Waals surface area contributed by atoms with Crippen LogP contribution in [0.25, 0.3) is 0 Å². The number of carbonyl (C=O) groups is 2. The molecule has 0 radical (unpaired) electrons. The lowest BCUT2D eigenvalue weighted by atomic mass is 9.97. The van der Waals surface area contributed by atoms with Gasteiger partial charge in [-0.05, 0) is 18.9 Å². The predicted octanol–water partition coefficient (Wildman–Crippen LogP) is 1.00. The molecule has 1 aromatic rings. The average Bonchev–Trinajstić information content (AvgIpc) is 3.26. The number of ether oxygens (including phenoxy) is 1. The minimum Gasteiger partial charge on any atom is -0.356 e. The van der Waals surface area contributed by atoms with Crippen molar-refractivity contribution in [2.45, 2.75) is 31.0 Å². The van der Waals surface area contributed by atoms with Crippen LogP contribution in [0.1, 0.15) is 24.4 Å². The lowest BCUT2D eigenvalue weighted by Crippen LogP contribution is -2.53. The number of nitrogens with one attached hydrogen (secondary N) is 1. The van der Waals surface area contributed by atoms with E-state index in [0.717, 1.165) is 12.8 Å². The zero-order chi connectivity index (χ0) is 15.0. The van der Waals surface area contributed by atoms with Crippen molar-refractivity contribution in [1.82, 2.24) is 10.2 Å². The number of rotatable bonds is 3. The van der Waals surface area contributed by atoms with Crippen LogP contribution in [0, 0.1) is 5.82 Å². The molecule has 2 atom stereocenters. The van der Waals surface area contributed by atoms with E-state index in [2.05, 4.69) is 5.32 Å². The van der Waals surface area contributed by atoms with E-state index >= 15 is 0 Å². The van der Waals surface area contributed by atoms with Gasteiger partial charge in [0.1, 0.15) is 12.4 Å². The topological polar surface area (TPSA) is 58.6 Å². The summed E-state index contributed by atoms with van der Waals surface area (Å²) in [5.41, 5.74) is 0.295. The number of nitrogens with zero attached hydrogens (tertiary/aromatic N) is 1. The van der Waals surface area contributed by atoms with Gasteiger partial charge >= 0.3 is 0 Å². The number of hydrogen-bond acceptors (Lipinski definition) is 3. The van der Waals surface area contributed by atoms with Gasteiger partial charge in [-0.25, -0.2) is 4.39 Å². The van der Waals surface area contributed by atoms with Gasteiger partial charge in [0.05, 0.1) is 6.04 Å². The number of morpholine rings is 1. The van der Waals surface area contributed by atoms with Crippen LogP contribution in [-0.4, -0.2) is 42.5 Å². The Morgan fingerprint density at radius 3 is 2.76 bits per heavy atom. The second-order valence-corrected chi connectivity index (χ2v) is 5.49. The third-order valence-corrected chi connectivity index (χ3v) is 3.89. The SMILES string of the molecule is CN1C(=O)CO[C@H](C(=O)NC2CC2)[C@@H]1c1ccccc1F. The highest BCUT2D eigenvalue weighted by Gasteiger charge is 2.42. The van der Waals surface area contributed by atoms with Crippen LogP contribution in [0.2, 0.25) is 0 Å². The van der Waals surface area contributed by atoms with Crippen molar-refractivity contribution in [1.29, 1.82) is 0 Å². The average molecular weight is 292 g/mol. The van der Waals surface area contributed by atoms with E-state index in [9.17, 15) is 14.0 Å². The van der Waals surface area contributed by atoms with Crippen molar-refractivity contribution in [2.75, 3.05) is 13.7 Å². The molecule has 1 heterocycles. The molecular formula is C15H17FN2O3. The highest BCUT2D eigenvalue weighted by atomic mass is 19.1. The molecule has 2 amide bonds. The van der Waals surface area contributed by atoms with Gasteiger partial charge < -0.3 is 15.0 Å². The first kappa shape index (κ1) is 14.0. The molecule has 2 aliphatic rings. The van der Waals surface area contributed by atoms with Crippen LogP contribution >= 0.6 is 0 Å². The summed E-state index contributed by atoms with van der Waals surface area (Å²) in [6, 6.07) is 5.59. The normalized spacial score (nSPS) is 25.8. The Morgan fingerprint density at radius 2 is 2.10 bits per heavy atom. The molecule has 21 heavy (non-hydrogen) atoms. The highest BCUT2D eigenvalue weighted by molar-refractivity contribution is 5.86. The van der Waals surface area contributed by atoms with E-state index < -0.39 is 18.0 Å². The minimum atomic E-state index is -0.884. The molecular weight excluding hydrogens is 275 g/mol. The van der Waals surface area contributed by atoms with E-state index in [-0.39, 0.29) is 24.5 Å². The van der Waals surface area contributed by atoms with Gasteiger partial charge in [0.15, 0.2) is 6.10 Å². The van der Waals surface area contributed by atoms with Crippen LogP contribution in [0.15, 0.2) is 24.3 Å². The van der Waals surface area contributed by atoms with Crippen molar-refractivity contribution in [3.63, 3.8) is 0 Å². The van der Waals surface area contributed by atoms with Gasteiger partial charge in [-0.3, -0.25) is 9.59 Å². The fourth-order valence-corrected chi connectivity index (χ4v) is 2.53. The van der Waals surface area contributed by atoms with Crippen molar-refractivity contribution in [3.8, 4) is 0 Å². The molecule has 1 N–H and O–H groups in total. The van der Waals surface area contributed by atoms with Gasteiger partial charge in [-0.15, -0.1) is 0 Å². The van der Waals surface area contributed by atoms with E-state index in [1.54, 1.807) is 25.2 Å². The Hall–Kier alpha value is -1.95. The third kappa shape index (κ3) is 2.76. The number of carbonyl (C=O) groups excluding carboxylic acids is 2. The summed E-state index contributed by atoms with van der Waals surface area (Å²) < 4.78 is 19.5. The monoisotopic (exact) mass is 292 g/mol. The van der Waals surface area contributed by atoms with E-state index in [1.165, 1.54) is 11.0 Å². The van der Waals surface area contributed by atoms with E-state index in [4.69, 9.17) is 4.74 Å². The summed E-state index contributed by atoms with van der Waals surface area (Å²) in [5, 5.41) is 2.85. The Bertz CT molecular complexity index is 574. The Balaban J connectivity index is 1.91. The molecule has 0 unspecified atom stereocenters. The molecule has 6 heteroatoms. The van der Waals surface area contributed by atoms with Crippen LogP contribution in [0.3, 0.4) is 0 Å². The number of halogens is 1. The standard InChI is InChI=1S/C15H17FN2O3/c1-18-12(19)8-21-14(15(20)17-9-6-7-9)13(18)10-4-2-3-5-11(10)16/h2-5,9,13-14H,6-8H2,1H3,(H,17,20)/t13-,14-/m0/s1. The third-order valence-electron chi connectivity index (χ3n) is 3.89. The lowest BCUT2D eigenvalue weighted by molar-refractivity contribution is -0.162. The second kappa shape index (κ2) is 5.44. The first-order valence-electron chi connectivity index (χ1n) is 7.00. The first-order valence-corrected chi connectivity index (χ1v) is 7.00. The summed E-state index contributed by atoms with van der Waals surface area (Å²) in [5.74, 6) is -0.999. The first-order chi connectivity index (χ1) is 10.1. The maximum absolute atomic E-state index is 14.1. The molecule has 0 bridgehead atoms. The number of likely N-dealkylation sites (N-methyl/N-ethyl adjacent to an activating group) is 1. The van der Waals surface area contributed by atoms with Crippen LogP contribution < -0.4 is 5.32 Å². The zero-order valence-electron chi connectivity index (χ0n) is 11.7. The molecule has 5 nitrogen and oxygen atoms in total. The minimum absolute atomic E-state index is 0.162. The lowest BCUT2D eigenvalue weighted by Gasteiger charge is -2.38. The number of amides is 2. The van der Waals surface area contributed by atoms with Crippen LogP contribution in [0.4, 0.5) is 4.39 Å². The van der Waals surface area contributed by atoms with Gasteiger partial charge in [-0.1, -0.05) is 18.2 Å². The smallest absolute Gasteiger partial charge is 0.251 e. The molecule has 0 spiro atoms. The summed E-state index contributed by atoms with van der Waals surface area (Å²) in [4.78, 5) is 25.5. The number of benzene rings is 1. The van der Waals surface area contributed by atoms with Gasteiger partial charge in [0.2, 0.25) is 5.91 Å². The maximum Gasteiger partial charge on any atom is 0.251 e. The molecule has 3 rings (SSSR count). The molecule has 2 fully saturated rings. The Morgan fingerprint density at radius 1 is 1.38 bits per heavy atom. The Kier molecular flexibility index (Phi) is 3.63. The molecule has 1 saturated carbocycles. The number of hydrogen-bond donors (Lipinski definition) is 1.